The van der Waals surface area contributed by atoms with E-state index < -0.39 is 0 Å². The van der Waals surface area contributed by atoms with Crippen LogP contribution < -0.4 is 5.32 Å². The predicted octanol–water partition coefficient (Wildman–Crippen LogP) is 2.70. The van der Waals surface area contributed by atoms with Gasteiger partial charge in [0.15, 0.2) is 0 Å². The summed E-state index contributed by atoms with van der Waals surface area (Å²) in [4.78, 5) is 4.18. The molecule has 0 saturated carbocycles. The van der Waals surface area contributed by atoms with E-state index in [1.54, 1.807) is 0 Å². The lowest BCUT2D eigenvalue weighted by Crippen LogP contribution is -2.24. The SMILES string of the molecule is Cc1cncc(NC2CCSC2C)c1. The number of rotatable bonds is 2. The van der Waals surface area contributed by atoms with E-state index in [0.717, 1.165) is 10.9 Å². The highest BCUT2D eigenvalue weighted by atomic mass is 32.2. The molecule has 1 fully saturated rings. The Morgan fingerprint density at radius 2 is 2.36 bits per heavy atom. The normalized spacial score (nSPS) is 26.4. The molecule has 0 aromatic carbocycles. The van der Waals surface area contributed by atoms with E-state index in [9.17, 15) is 0 Å². The van der Waals surface area contributed by atoms with Crippen molar-refractivity contribution in [2.24, 2.45) is 0 Å². The number of aryl methyl sites for hydroxylation is 1. The maximum atomic E-state index is 4.18. The first-order valence-corrected chi connectivity index (χ1v) is 6.10. The predicted molar refractivity (Wildman–Crippen MR) is 62.9 cm³/mol. The van der Waals surface area contributed by atoms with E-state index >= 15 is 0 Å². The molecule has 2 unspecified atom stereocenters. The molecule has 3 heteroatoms. The van der Waals surface area contributed by atoms with Crippen LogP contribution in [0.2, 0.25) is 0 Å². The van der Waals surface area contributed by atoms with Gasteiger partial charge in [-0.1, -0.05) is 6.92 Å². The highest BCUT2D eigenvalue weighted by Crippen LogP contribution is 2.28. The molecular formula is C11H16N2S. The quantitative estimate of drug-likeness (QED) is 0.809. The van der Waals surface area contributed by atoms with E-state index in [-0.39, 0.29) is 0 Å². The molecule has 0 radical (unpaired) electrons. The topological polar surface area (TPSA) is 24.9 Å². The van der Waals surface area contributed by atoms with Gasteiger partial charge in [-0.2, -0.15) is 11.8 Å². The fraction of sp³-hybridized carbons (Fsp3) is 0.545. The first-order chi connectivity index (χ1) is 6.75. The third kappa shape index (κ3) is 2.21. The molecular weight excluding hydrogens is 192 g/mol. The van der Waals surface area contributed by atoms with Gasteiger partial charge in [0.05, 0.1) is 5.69 Å². The minimum absolute atomic E-state index is 0.614. The lowest BCUT2D eigenvalue weighted by atomic mass is 10.1. The number of thioether (sulfide) groups is 1. The lowest BCUT2D eigenvalue weighted by molar-refractivity contribution is 0.723. The summed E-state index contributed by atoms with van der Waals surface area (Å²) in [6.07, 6.45) is 5.06. The summed E-state index contributed by atoms with van der Waals surface area (Å²) in [6, 6.07) is 2.77. The molecule has 76 valence electrons. The zero-order valence-corrected chi connectivity index (χ0v) is 9.47. The second kappa shape index (κ2) is 4.22. The van der Waals surface area contributed by atoms with Crippen molar-refractivity contribution in [3.63, 3.8) is 0 Å². The van der Waals surface area contributed by atoms with Crippen molar-refractivity contribution >= 4 is 17.4 Å². The van der Waals surface area contributed by atoms with Crippen LogP contribution >= 0.6 is 11.8 Å². The maximum absolute atomic E-state index is 4.18. The second-order valence-electron chi connectivity index (χ2n) is 3.87. The molecule has 1 aromatic heterocycles. The molecule has 1 aliphatic heterocycles. The summed E-state index contributed by atoms with van der Waals surface area (Å²) in [5.41, 5.74) is 2.37. The molecule has 2 atom stereocenters. The van der Waals surface area contributed by atoms with Crippen LogP contribution in [0, 0.1) is 6.92 Å². The first kappa shape index (κ1) is 9.84. The Morgan fingerprint density at radius 3 is 3.00 bits per heavy atom. The molecule has 1 saturated heterocycles. The molecule has 1 N–H and O–H groups in total. The van der Waals surface area contributed by atoms with Gasteiger partial charge >= 0.3 is 0 Å². The lowest BCUT2D eigenvalue weighted by Gasteiger charge is -2.17. The largest absolute Gasteiger partial charge is 0.380 e. The maximum Gasteiger partial charge on any atom is 0.0531 e. The average Bonchev–Trinajstić information content (AvgIpc) is 2.52. The summed E-state index contributed by atoms with van der Waals surface area (Å²) in [6.45, 7) is 4.36. The first-order valence-electron chi connectivity index (χ1n) is 5.05. The Labute approximate surface area is 89.5 Å². The van der Waals surface area contributed by atoms with Crippen LogP contribution in [0.25, 0.3) is 0 Å². The van der Waals surface area contributed by atoms with E-state index in [0.29, 0.717) is 6.04 Å². The van der Waals surface area contributed by atoms with Gasteiger partial charge in [-0.15, -0.1) is 0 Å². The van der Waals surface area contributed by atoms with Gasteiger partial charge in [-0.05, 0) is 30.7 Å². The number of anilines is 1. The van der Waals surface area contributed by atoms with E-state index in [4.69, 9.17) is 0 Å². The van der Waals surface area contributed by atoms with Crippen LogP contribution in [-0.2, 0) is 0 Å². The molecule has 2 nitrogen and oxygen atoms in total. The van der Waals surface area contributed by atoms with Gasteiger partial charge in [-0.3, -0.25) is 4.98 Å². The Morgan fingerprint density at radius 1 is 1.50 bits per heavy atom. The fourth-order valence-corrected chi connectivity index (χ4v) is 2.97. The van der Waals surface area contributed by atoms with Gasteiger partial charge in [0, 0.05) is 23.7 Å². The third-order valence-electron chi connectivity index (χ3n) is 2.60. The van der Waals surface area contributed by atoms with Gasteiger partial charge < -0.3 is 5.32 Å². The molecule has 1 aliphatic rings. The number of aromatic nitrogens is 1. The summed E-state index contributed by atoms with van der Waals surface area (Å²) < 4.78 is 0. The van der Waals surface area contributed by atoms with Crippen LogP contribution in [-0.4, -0.2) is 22.0 Å². The fourth-order valence-electron chi connectivity index (χ4n) is 1.77. The van der Waals surface area contributed by atoms with Crippen molar-refractivity contribution in [3.05, 3.63) is 24.0 Å². The molecule has 0 spiro atoms. The van der Waals surface area contributed by atoms with E-state index in [1.165, 1.54) is 17.7 Å². The van der Waals surface area contributed by atoms with Crippen LogP contribution in [0.1, 0.15) is 18.9 Å². The average molecular weight is 208 g/mol. The Balaban J connectivity index is 2.03. The monoisotopic (exact) mass is 208 g/mol. The Bertz CT molecular complexity index is 314. The van der Waals surface area contributed by atoms with Crippen LogP contribution in [0.5, 0.6) is 0 Å². The third-order valence-corrected chi connectivity index (χ3v) is 3.93. The van der Waals surface area contributed by atoms with Crippen molar-refractivity contribution in [2.45, 2.75) is 31.6 Å². The summed E-state index contributed by atoms with van der Waals surface area (Å²) in [7, 11) is 0. The van der Waals surface area contributed by atoms with Crippen LogP contribution in [0.3, 0.4) is 0 Å². The van der Waals surface area contributed by atoms with Crippen LogP contribution in [0.15, 0.2) is 18.5 Å². The van der Waals surface area contributed by atoms with Crippen molar-refractivity contribution in [1.29, 1.82) is 0 Å². The van der Waals surface area contributed by atoms with E-state index in [1.807, 2.05) is 24.2 Å². The zero-order valence-electron chi connectivity index (χ0n) is 8.66. The molecule has 1 aromatic rings. The Hall–Kier alpha value is -0.700. The van der Waals surface area contributed by atoms with Gasteiger partial charge in [0.25, 0.3) is 0 Å². The highest BCUT2D eigenvalue weighted by Gasteiger charge is 2.23. The highest BCUT2D eigenvalue weighted by molar-refractivity contribution is 8.00. The van der Waals surface area contributed by atoms with Gasteiger partial charge in [0.1, 0.15) is 0 Å². The van der Waals surface area contributed by atoms with Gasteiger partial charge in [-0.25, -0.2) is 0 Å². The minimum atomic E-state index is 0.614. The number of hydrogen-bond acceptors (Lipinski definition) is 3. The summed E-state index contributed by atoms with van der Waals surface area (Å²) in [5, 5.41) is 4.27. The van der Waals surface area contributed by atoms with Crippen LogP contribution in [0.4, 0.5) is 5.69 Å². The molecule has 2 rings (SSSR count). The van der Waals surface area contributed by atoms with Gasteiger partial charge in [0.2, 0.25) is 0 Å². The zero-order chi connectivity index (χ0) is 9.97. The number of pyridine rings is 1. The summed E-state index contributed by atoms with van der Waals surface area (Å²) in [5.74, 6) is 1.28. The summed E-state index contributed by atoms with van der Waals surface area (Å²) >= 11 is 2.05. The standard InChI is InChI=1S/C11H16N2S/c1-8-5-10(7-12-6-8)13-11-3-4-14-9(11)2/h5-7,9,11,13H,3-4H2,1-2H3. The van der Waals surface area contributed by atoms with Crippen molar-refractivity contribution in [2.75, 3.05) is 11.1 Å². The second-order valence-corrected chi connectivity index (χ2v) is 5.35. The number of nitrogens with zero attached hydrogens (tertiary/aromatic N) is 1. The van der Waals surface area contributed by atoms with Crippen molar-refractivity contribution in [1.82, 2.24) is 4.98 Å². The molecule has 14 heavy (non-hydrogen) atoms. The van der Waals surface area contributed by atoms with E-state index in [2.05, 4.69) is 30.2 Å². The van der Waals surface area contributed by atoms with Crippen molar-refractivity contribution < 1.29 is 0 Å². The number of nitrogens with one attached hydrogen (secondary N) is 1. The molecule has 2 heterocycles. The molecule has 0 amide bonds. The van der Waals surface area contributed by atoms with Crippen molar-refractivity contribution in [3.8, 4) is 0 Å². The molecule has 0 aliphatic carbocycles. The smallest absolute Gasteiger partial charge is 0.0531 e. The molecule has 0 bridgehead atoms. The minimum Gasteiger partial charge on any atom is -0.380 e. The number of hydrogen-bond donors (Lipinski definition) is 1. The Kier molecular flexibility index (Phi) is 2.96.